The van der Waals surface area contributed by atoms with Crippen LogP contribution in [0.25, 0.3) is 0 Å². The predicted molar refractivity (Wildman–Crippen MR) is 101 cm³/mol. The molecule has 0 saturated carbocycles. The summed E-state index contributed by atoms with van der Waals surface area (Å²) in [6.45, 7) is 8.68. The Bertz CT molecular complexity index is 811. The Morgan fingerprint density at radius 3 is 1.93 bits per heavy atom. The average Bonchev–Trinajstić information content (AvgIpc) is 2.63. The quantitative estimate of drug-likeness (QED) is 0.451. The fourth-order valence-corrected chi connectivity index (χ4v) is 2.75. The molecule has 0 aliphatic carbocycles. The van der Waals surface area contributed by atoms with Crippen molar-refractivity contribution < 1.29 is 27.0 Å². The number of halogens is 4. The summed E-state index contributed by atoms with van der Waals surface area (Å²) in [6, 6.07) is 5.33. The van der Waals surface area contributed by atoms with E-state index < -0.39 is 40.6 Å². The number of benzene rings is 2. The lowest BCUT2D eigenvalue weighted by Gasteiger charge is -2.20. The van der Waals surface area contributed by atoms with Gasteiger partial charge in [0, 0.05) is 11.1 Å². The topological polar surface area (TPSA) is 30.5 Å². The SMILES string of the molecule is CCc1c(F)c(F)c(NC[C@H](C)Oc2cccc(OC(C)C)c2C)c(F)c1F. The minimum atomic E-state index is -1.44. The van der Waals surface area contributed by atoms with Crippen LogP contribution in [0.5, 0.6) is 11.5 Å². The Balaban J connectivity index is 2.13. The van der Waals surface area contributed by atoms with Crippen LogP contribution >= 0.6 is 0 Å². The molecular weight excluding hydrogens is 374 g/mol. The second-order valence-electron chi connectivity index (χ2n) is 6.82. The largest absolute Gasteiger partial charge is 0.491 e. The molecule has 0 amide bonds. The van der Waals surface area contributed by atoms with Gasteiger partial charge in [0.15, 0.2) is 23.3 Å². The molecule has 0 heterocycles. The summed E-state index contributed by atoms with van der Waals surface area (Å²) in [6.07, 6.45) is -0.696. The van der Waals surface area contributed by atoms with Gasteiger partial charge in [-0.25, -0.2) is 17.6 Å². The van der Waals surface area contributed by atoms with E-state index in [0.717, 1.165) is 5.56 Å². The molecule has 0 aromatic heterocycles. The van der Waals surface area contributed by atoms with Gasteiger partial charge in [-0.15, -0.1) is 0 Å². The highest BCUT2D eigenvalue weighted by atomic mass is 19.2. The zero-order chi connectivity index (χ0) is 21.0. The molecule has 0 saturated heterocycles. The van der Waals surface area contributed by atoms with Gasteiger partial charge in [-0.3, -0.25) is 0 Å². The molecule has 0 radical (unpaired) electrons. The first-order valence-corrected chi connectivity index (χ1v) is 9.18. The van der Waals surface area contributed by atoms with Crippen LogP contribution in [0.3, 0.4) is 0 Å². The maximum Gasteiger partial charge on any atom is 0.185 e. The third-order valence-electron chi connectivity index (χ3n) is 4.20. The normalized spacial score (nSPS) is 12.2. The molecule has 28 heavy (non-hydrogen) atoms. The Kier molecular flexibility index (Phi) is 7.16. The molecule has 2 aromatic rings. The van der Waals surface area contributed by atoms with E-state index in [-0.39, 0.29) is 19.1 Å². The summed E-state index contributed by atoms with van der Waals surface area (Å²) >= 11 is 0. The van der Waals surface area contributed by atoms with Crippen molar-refractivity contribution in [1.82, 2.24) is 0 Å². The second-order valence-corrected chi connectivity index (χ2v) is 6.82. The van der Waals surface area contributed by atoms with Crippen molar-refractivity contribution in [3.05, 3.63) is 52.6 Å². The average molecular weight is 399 g/mol. The minimum absolute atomic E-state index is 0.00474. The smallest absolute Gasteiger partial charge is 0.185 e. The van der Waals surface area contributed by atoms with E-state index in [1.54, 1.807) is 19.1 Å². The first-order chi connectivity index (χ1) is 13.2. The molecule has 0 fully saturated rings. The minimum Gasteiger partial charge on any atom is -0.491 e. The second kappa shape index (κ2) is 9.17. The van der Waals surface area contributed by atoms with E-state index in [1.807, 2.05) is 26.8 Å². The van der Waals surface area contributed by atoms with Crippen molar-refractivity contribution in [1.29, 1.82) is 0 Å². The molecule has 0 spiro atoms. The van der Waals surface area contributed by atoms with Crippen molar-refractivity contribution >= 4 is 5.69 Å². The van der Waals surface area contributed by atoms with Gasteiger partial charge in [-0.2, -0.15) is 0 Å². The third-order valence-corrected chi connectivity index (χ3v) is 4.20. The molecule has 154 valence electrons. The molecule has 3 nitrogen and oxygen atoms in total. The van der Waals surface area contributed by atoms with Crippen molar-refractivity contribution in [2.24, 2.45) is 0 Å². The summed E-state index contributed by atoms with van der Waals surface area (Å²) in [5.74, 6) is -4.42. The Hall–Kier alpha value is -2.44. The van der Waals surface area contributed by atoms with E-state index in [2.05, 4.69) is 5.32 Å². The van der Waals surface area contributed by atoms with Crippen molar-refractivity contribution in [2.75, 3.05) is 11.9 Å². The lowest BCUT2D eigenvalue weighted by molar-refractivity contribution is 0.222. The molecule has 1 atom stereocenters. The maximum atomic E-state index is 14.1. The zero-order valence-corrected chi connectivity index (χ0v) is 16.6. The number of anilines is 1. The van der Waals surface area contributed by atoms with Crippen LogP contribution in [-0.2, 0) is 6.42 Å². The Morgan fingerprint density at radius 1 is 0.893 bits per heavy atom. The molecule has 2 aromatic carbocycles. The maximum absolute atomic E-state index is 14.1. The van der Waals surface area contributed by atoms with E-state index >= 15 is 0 Å². The fourth-order valence-electron chi connectivity index (χ4n) is 2.75. The Morgan fingerprint density at radius 2 is 1.43 bits per heavy atom. The van der Waals surface area contributed by atoms with Crippen molar-refractivity contribution in [2.45, 2.75) is 53.2 Å². The summed E-state index contributed by atoms with van der Waals surface area (Å²) in [7, 11) is 0. The molecule has 0 aliphatic rings. The van der Waals surface area contributed by atoms with Crippen molar-refractivity contribution in [3.8, 4) is 11.5 Å². The molecule has 7 heteroatoms. The van der Waals surface area contributed by atoms with Crippen molar-refractivity contribution in [3.63, 3.8) is 0 Å². The standard InChI is InChI=1S/C21H25F4NO2/c1-6-14-17(22)19(24)21(20(25)18(14)23)26-10-12(4)28-16-9-7-8-15(13(16)5)27-11(2)3/h7-9,11-12,26H,6,10H2,1-5H3/t12-/m0/s1. The summed E-state index contributed by atoms with van der Waals surface area (Å²) in [5.41, 5.74) is -0.663. The van der Waals surface area contributed by atoms with Gasteiger partial charge in [0.05, 0.1) is 12.6 Å². The molecule has 0 bridgehead atoms. The van der Waals surface area contributed by atoms with Gasteiger partial charge < -0.3 is 14.8 Å². The number of ether oxygens (including phenoxy) is 2. The lowest BCUT2D eigenvalue weighted by atomic mass is 10.1. The van der Waals surface area contributed by atoms with Crippen LogP contribution in [0.2, 0.25) is 0 Å². The monoisotopic (exact) mass is 399 g/mol. The number of hydrogen-bond donors (Lipinski definition) is 1. The van der Waals surface area contributed by atoms with E-state index in [1.165, 1.54) is 6.92 Å². The lowest BCUT2D eigenvalue weighted by Crippen LogP contribution is -2.24. The zero-order valence-electron chi connectivity index (χ0n) is 16.6. The van der Waals surface area contributed by atoms with E-state index in [9.17, 15) is 17.6 Å². The molecule has 0 unspecified atom stereocenters. The summed E-state index contributed by atoms with van der Waals surface area (Å²) < 4.78 is 67.5. The highest BCUT2D eigenvalue weighted by Gasteiger charge is 2.24. The first kappa shape index (κ1) is 21.9. The highest BCUT2D eigenvalue weighted by molar-refractivity contribution is 5.50. The van der Waals surface area contributed by atoms with Crippen LogP contribution in [-0.4, -0.2) is 18.8 Å². The fraction of sp³-hybridized carbons (Fsp3) is 0.429. The number of rotatable bonds is 8. The van der Waals surface area contributed by atoms with E-state index in [4.69, 9.17) is 9.47 Å². The third kappa shape index (κ3) is 4.69. The first-order valence-electron chi connectivity index (χ1n) is 9.18. The van der Waals surface area contributed by atoms with Gasteiger partial charge in [0.1, 0.15) is 23.3 Å². The van der Waals surface area contributed by atoms with Crippen LogP contribution in [0, 0.1) is 30.2 Å². The van der Waals surface area contributed by atoms with Crippen LogP contribution in [0.4, 0.5) is 23.2 Å². The Labute approximate surface area is 162 Å². The molecule has 2 rings (SSSR count). The van der Waals surface area contributed by atoms with Gasteiger partial charge in [-0.1, -0.05) is 13.0 Å². The molecule has 1 N–H and O–H groups in total. The van der Waals surface area contributed by atoms with Crippen LogP contribution in [0.1, 0.15) is 38.8 Å². The predicted octanol–water partition coefficient (Wildman–Crippen LogP) is 5.78. The summed E-state index contributed by atoms with van der Waals surface area (Å²) in [4.78, 5) is 0. The number of hydrogen-bond acceptors (Lipinski definition) is 3. The van der Waals surface area contributed by atoms with Crippen LogP contribution < -0.4 is 14.8 Å². The number of nitrogens with one attached hydrogen (secondary N) is 1. The molecular formula is C21H25F4NO2. The molecule has 0 aliphatic heterocycles. The van der Waals surface area contributed by atoms with E-state index in [0.29, 0.717) is 11.5 Å². The van der Waals surface area contributed by atoms with Gasteiger partial charge in [-0.05, 0) is 46.2 Å². The van der Waals surface area contributed by atoms with Gasteiger partial charge in [0.25, 0.3) is 0 Å². The highest BCUT2D eigenvalue weighted by Crippen LogP contribution is 2.30. The van der Waals surface area contributed by atoms with Gasteiger partial charge in [0.2, 0.25) is 0 Å². The summed E-state index contributed by atoms with van der Waals surface area (Å²) in [5, 5.41) is 2.41. The van der Waals surface area contributed by atoms with Crippen LogP contribution in [0.15, 0.2) is 18.2 Å². The van der Waals surface area contributed by atoms with Gasteiger partial charge >= 0.3 is 0 Å².